The lowest BCUT2D eigenvalue weighted by Crippen LogP contribution is -2.31. The van der Waals surface area contributed by atoms with Crippen molar-refractivity contribution in [1.82, 2.24) is 15.5 Å². The van der Waals surface area contributed by atoms with Gasteiger partial charge in [-0.2, -0.15) is 5.10 Å². The van der Waals surface area contributed by atoms with Crippen LogP contribution in [-0.2, 0) is 4.74 Å². The van der Waals surface area contributed by atoms with Gasteiger partial charge in [0.15, 0.2) is 0 Å². The van der Waals surface area contributed by atoms with Crippen LogP contribution in [0.25, 0.3) is 11.3 Å². The van der Waals surface area contributed by atoms with Crippen LogP contribution in [0.4, 0.5) is 0 Å². The summed E-state index contributed by atoms with van der Waals surface area (Å²) in [5.74, 6) is -0.168. The second-order valence-corrected chi connectivity index (χ2v) is 5.46. The van der Waals surface area contributed by atoms with Crippen LogP contribution < -0.4 is 5.32 Å². The minimum atomic E-state index is -0.168. The number of hydrogen-bond donors (Lipinski definition) is 2. The van der Waals surface area contributed by atoms with Gasteiger partial charge in [-0.05, 0) is 31.0 Å². The van der Waals surface area contributed by atoms with Crippen molar-refractivity contribution in [3.8, 4) is 11.3 Å². The molecule has 1 aliphatic rings. The fourth-order valence-corrected chi connectivity index (χ4v) is 2.44. The molecule has 110 valence electrons. The van der Waals surface area contributed by atoms with E-state index >= 15 is 0 Å². The van der Waals surface area contributed by atoms with E-state index in [2.05, 4.69) is 15.5 Å². The first-order chi connectivity index (χ1) is 10.2. The third kappa shape index (κ3) is 3.43. The summed E-state index contributed by atoms with van der Waals surface area (Å²) < 4.78 is 5.47. The van der Waals surface area contributed by atoms with Crippen molar-refractivity contribution in [1.29, 1.82) is 0 Å². The van der Waals surface area contributed by atoms with Crippen molar-refractivity contribution in [2.45, 2.75) is 18.9 Å². The predicted octanol–water partition coefficient (Wildman–Crippen LogP) is 2.64. The van der Waals surface area contributed by atoms with Gasteiger partial charge in [0, 0.05) is 23.7 Å². The Kier molecular flexibility index (Phi) is 4.22. The van der Waals surface area contributed by atoms with E-state index in [9.17, 15) is 4.79 Å². The number of benzene rings is 1. The molecule has 3 rings (SSSR count). The number of rotatable bonds is 4. The minimum absolute atomic E-state index is 0.132. The van der Waals surface area contributed by atoms with E-state index < -0.39 is 0 Å². The number of ether oxygens (including phenoxy) is 1. The van der Waals surface area contributed by atoms with Crippen LogP contribution in [0.15, 0.2) is 30.3 Å². The number of aromatic amines is 1. The Labute approximate surface area is 127 Å². The minimum Gasteiger partial charge on any atom is -0.376 e. The van der Waals surface area contributed by atoms with E-state index in [0.29, 0.717) is 23.0 Å². The zero-order valence-electron chi connectivity index (χ0n) is 11.4. The van der Waals surface area contributed by atoms with Gasteiger partial charge in [0.05, 0.1) is 11.8 Å². The van der Waals surface area contributed by atoms with E-state index in [1.165, 1.54) is 0 Å². The zero-order chi connectivity index (χ0) is 14.7. The summed E-state index contributed by atoms with van der Waals surface area (Å²) in [5, 5.41) is 10.4. The zero-order valence-corrected chi connectivity index (χ0v) is 12.2. The first-order valence-electron chi connectivity index (χ1n) is 6.93. The largest absolute Gasteiger partial charge is 0.376 e. The van der Waals surface area contributed by atoms with Crippen LogP contribution in [0.5, 0.6) is 0 Å². The Morgan fingerprint density at radius 3 is 2.95 bits per heavy atom. The summed E-state index contributed by atoms with van der Waals surface area (Å²) in [5.41, 5.74) is 2.07. The molecule has 21 heavy (non-hydrogen) atoms. The molecule has 0 spiro atoms. The summed E-state index contributed by atoms with van der Waals surface area (Å²) >= 11 is 5.85. The second kappa shape index (κ2) is 6.28. The third-order valence-electron chi connectivity index (χ3n) is 3.48. The average molecular weight is 306 g/mol. The number of carbonyl (C=O) groups is 1. The van der Waals surface area contributed by atoms with Gasteiger partial charge >= 0.3 is 0 Å². The molecule has 5 nitrogen and oxygen atoms in total. The van der Waals surface area contributed by atoms with E-state index in [0.717, 1.165) is 25.0 Å². The Bertz CT molecular complexity index is 618. The fourth-order valence-electron chi connectivity index (χ4n) is 2.31. The average Bonchev–Trinajstić information content (AvgIpc) is 3.17. The van der Waals surface area contributed by atoms with Gasteiger partial charge in [0.25, 0.3) is 5.91 Å². The molecule has 1 aromatic heterocycles. The first kappa shape index (κ1) is 14.1. The molecular weight excluding hydrogens is 290 g/mol. The monoisotopic (exact) mass is 305 g/mol. The molecular formula is C15H16ClN3O2. The van der Waals surface area contributed by atoms with E-state index in [1.54, 1.807) is 18.2 Å². The molecule has 0 saturated carbocycles. The molecule has 0 aliphatic carbocycles. The number of H-pyrrole nitrogens is 1. The summed E-state index contributed by atoms with van der Waals surface area (Å²) in [6.07, 6.45) is 2.19. The molecule has 1 fully saturated rings. The van der Waals surface area contributed by atoms with Gasteiger partial charge in [-0.1, -0.05) is 23.7 Å². The van der Waals surface area contributed by atoms with E-state index in [4.69, 9.17) is 16.3 Å². The van der Waals surface area contributed by atoms with Crippen LogP contribution in [0, 0.1) is 0 Å². The van der Waals surface area contributed by atoms with Gasteiger partial charge in [-0.25, -0.2) is 0 Å². The molecule has 1 aromatic carbocycles. The van der Waals surface area contributed by atoms with E-state index in [-0.39, 0.29) is 12.0 Å². The van der Waals surface area contributed by atoms with Crippen molar-refractivity contribution in [2.75, 3.05) is 13.2 Å². The standard InChI is InChI=1S/C15H16ClN3O2/c16-11-5-3-10(4-6-11)13-8-14(19-18-13)15(20)17-9-12-2-1-7-21-12/h3-6,8,12H,1-2,7,9H2,(H,17,20)(H,18,19)/t12-/m0/s1. The molecule has 1 amide bonds. The van der Waals surface area contributed by atoms with Crippen LogP contribution in [0.3, 0.4) is 0 Å². The highest BCUT2D eigenvalue weighted by atomic mass is 35.5. The van der Waals surface area contributed by atoms with Crippen molar-refractivity contribution in [2.24, 2.45) is 0 Å². The fraction of sp³-hybridized carbons (Fsp3) is 0.333. The van der Waals surface area contributed by atoms with Gasteiger partial charge in [0.1, 0.15) is 5.69 Å². The topological polar surface area (TPSA) is 67.0 Å². The number of nitrogens with zero attached hydrogens (tertiary/aromatic N) is 1. The summed E-state index contributed by atoms with van der Waals surface area (Å²) in [4.78, 5) is 12.0. The highest BCUT2D eigenvalue weighted by Gasteiger charge is 2.17. The van der Waals surface area contributed by atoms with Crippen molar-refractivity contribution < 1.29 is 9.53 Å². The van der Waals surface area contributed by atoms with Gasteiger partial charge in [0.2, 0.25) is 0 Å². The molecule has 0 bridgehead atoms. The van der Waals surface area contributed by atoms with Crippen LogP contribution >= 0.6 is 11.6 Å². The van der Waals surface area contributed by atoms with Crippen molar-refractivity contribution >= 4 is 17.5 Å². The number of carbonyl (C=O) groups excluding carboxylic acids is 1. The van der Waals surface area contributed by atoms with Gasteiger partial charge in [-0.3, -0.25) is 9.89 Å². The van der Waals surface area contributed by atoms with Gasteiger partial charge in [-0.15, -0.1) is 0 Å². The van der Waals surface area contributed by atoms with E-state index in [1.807, 2.05) is 12.1 Å². The highest BCUT2D eigenvalue weighted by molar-refractivity contribution is 6.30. The maximum absolute atomic E-state index is 12.0. The number of nitrogens with one attached hydrogen (secondary N) is 2. The molecule has 1 atom stereocenters. The summed E-state index contributed by atoms with van der Waals surface area (Å²) in [6, 6.07) is 9.05. The molecule has 1 aliphatic heterocycles. The molecule has 2 aromatic rings. The molecule has 6 heteroatoms. The highest BCUT2D eigenvalue weighted by Crippen LogP contribution is 2.20. The number of halogens is 1. The Hall–Kier alpha value is -1.85. The predicted molar refractivity (Wildman–Crippen MR) is 80.3 cm³/mol. The molecule has 0 unspecified atom stereocenters. The Morgan fingerprint density at radius 1 is 1.43 bits per heavy atom. The lowest BCUT2D eigenvalue weighted by Gasteiger charge is -2.09. The first-order valence-corrected chi connectivity index (χ1v) is 7.31. The molecule has 1 saturated heterocycles. The van der Waals surface area contributed by atoms with Crippen molar-refractivity contribution in [3.05, 3.63) is 41.0 Å². The summed E-state index contributed by atoms with van der Waals surface area (Å²) in [7, 11) is 0. The quantitative estimate of drug-likeness (QED) is 0.912. The van der Waals surface area contributed by atoms with Crippen molar-refractivity contribution in [3.63, 3.8) is 0 Å². The third-order valence-corrected chi connectivity index (χ3v) is 3.73. The number of aromatic nitrogens is 2. The second-order valence-electron chi connectivity index (χ2n) is 5.02. The lowest BCUT2D eigenvalue weighted by molar-refractivity contribution is 0.0853. The molecule has 2 heterocycles. The maximum Gasteiger partial charge on any atom is 0.269 e. The Morgan fingerprint density at radius 2 is 2.24 bits per heavy atom. The summed E-state index contributed by atoms with van der Waals surface area (Å²) in [6.45, 7) is 1.32. The number of hydrogen-bond acceptors (Lipinski definition) is 3. The van der Waals surface area contributed by atoms with Gasteiger partial charge < -0.3 is 10.1 Å². The van der Waals surface area contributed by atoms with Crippen LogP contribution in [0.1, 0.15) is 23.3 Å². The SMILES string of the molecule is O=C(NC[C@@H]1CCCO1)c1cc(-c2ccc(Cl)cc2)n[nH]1. The molecule has 2 N–H and O–H groups in total. The van der Waals surface area contributed by atoms with Crippen LogP contribution in [0.2, 0.25) is 5.02 Å². The lowest BCUT2D eigenvalue weighted by atomic mass is 10.1. The normalized spacial score (nSPS) is 17.9. The van der Waals surface area contributed by atoms with Crippen LogP contribution in [-0.4, -0.2) is 35.4 Å². The number of amides is 1. The molecule has 0 radical (unpaired) electrons. The smallest absolute Gasteiger partial charge is 0.269 e. The Balaban J connectivity index is 1.63. The maximum atomic E-state index is 12.0.